The van der Waals surface area contributed by atoms with Gasteiger partial charge in [0.2, 0.25) is 5.91 Å². The molecule has 1 aliphatic rings. The van der Waals surface area contributed by atoms with Gasteiger partial charge in [-0.15, -0.1) is 0 Å². The second-order valence-corrected chi connectivity index (χ2v) is 11.4. The summed E-state index contributed by atoms with van der Waals surface area (Å²) in [5.74, 6) is -0.785. The fraction of sp³-hybridized carbons (Fsp3) is 0.235. The Bertz CT molecular complexity index is 1810. The van der Waals surface area contributed by atoms with Crippen LogP contribution in [0, 0.1) is 0 Å². The molecule has 0 radical (unpaired) electrons. The quantitative estimate of drug-likeness (QED) is 0.218. The molecular weight excluding hydrogens is 590 g/mol. The van der Waals surface area contributed by atoms with Gasteiger partial charge in [0, 0.05) is 50.5 Å². The number of morpholine rings is 1. The first kappa shape index (κ1) is 30.3. The highest BCUT2D eigenvalue weighted by molar-refractivity contribution is 6.31. The summed E-state index contributed by atoms with van der Waals surface area (Å²) in [7, 11) is 3.60. The number of hydrogen-bond donors (Lipinski definition) is 3. The van der Waals surface area contributed by atoms with Crippen molar-refractivity contribution >= 4 is 29.1 Å². The summed E-state index contributed by atoms with van der Waals surface area (Å²) in [5, 5.41) is 13.8. The largest absolute Gasteiger partial charge is 0.371 e. The highest BCUT2D eigenvalue weighted by Crippen LogP contribution is 2.30. The molecule has 0 bridgehead atoms. The third-order valence-electron chi connectivity index (χ3n) is 7.93. The lowest BCUT2D eigenvalue weighted by atomic mass is 9.96. The molecule has 3 N–H and O–H groups in total. The highest BCUT2D eigenvalue weighted by atomic mass is 35.5. The van der Waals surface area contributed by atoms with Gasteiger partial charge in [-0.1, -0.05) is 48.0 Å². The van der Waals surface area contributed by atoms with Crippen LogP contribution in [0.15, 0.2) is 91.5 Å². The van der Waals surface area contributed by atoms with Gasteiger partial charge in [0.15, 0.2) is 0 Å². The average Bonchev–Trinajstić information content (AvgIpc) is 3.70. The molecule has 6 rings (SSSR count). The number of amides is 2. The highest BCUT2D eigenvalue weighted by Gasteiger charge is 2.25. The van der Waals surface area contributed by atoms with E-state index in [0.29, 0.717) is 23.0 Å². The van der Waals surface area contributed by atoms with Crippen LogP contribution in [0.25, 0.3) is 22.4 Å². The molecule has 0 aliphatic carbocycles. The van der Waals surface area contributed by atoms with Crippen molar-refractivity contribution in [1.82, 2.24) is 30.0 Å². The van der Waals surface area contributed by atoms with Crippen molar-refractivity contribution in [3.8, 4) is 22.4 Å². The van der Waals surface area contributed by atoms with Crippen molar-refractivity contribution in [1.29, 1.82) is 0 Å². The van der Waals surface area contributed by atoms with Crippen LogP contribution in [-0.2, 0) is 30.0 Å². The molecule has 3 aromatic carbocycles. The number of ether oxygens (including phenoxy) is 1. The van der Waals surface area contributed by atoms with Gasteiger partial charge in [-0.2, -0.15) is 5.10 Å². The van der Waals surface area contributed by atoms with Gasteiger partial charge in [-0.25, -0.2) is 4.98 Å². The Hall–Kier alpha value is -4.77. The van der Waals surface area contributed by atoms with Gasteiger partial charge in [-0.05, 0) is 64.2 Å². The maximum absolute atomic E-state index is 13.7. The zero-order valence-corrected chi connectivity index (χ0v) is 25.8. The van der Waals surface area contributed by atoms with Crippen LogP contribution in [0.4, 0.5) is 5.69 Å². The number of carbonyl (C=O) groups excluding carboxylic acids is 2. The van der Waals surface area contributed by atoms with E-state index in [0.717, 1.165) is 46.6 Å². The molecule has 2 aromatic heterocycles. The second-order valence-electron chi connectivity index (χ2n) is 11.0. The first-order valence-corrected chi connectivity index (χ1v) is 15.1. The number of aryl methyl sites for hydroxylation is 2. The van der Waals surface area contributed by atoms with Crippen LogP contribution in [-0.4, -0.2) is 56.9 Å². The Morgan fingerprint density at radius 2 is 1.84 bits per heavy atom. The minimum atomic E-state index is -0.926. The van der Waals surface area contributed by atoms with E-state index >= 15 is 0 Å². The van der Waals surface area contributed by atoms with Crippen molar-refractivity contribution in [2.24, 2.45) is 14.1 Å². The molecule has 1 unspecified atom stereocenters. The lowest BCUT2D eigenvalue weighted by Gasteiger charge is -2.24. The molecule has 2 amide bonds. The molecule has 1 aliphatic heterocycles. The monoisotopic (exact) mass is 623 g/mol. The Labute approximate surface area is 266 Å². The topological polar surface area (TPSA) is 115 Å². The normalized spacial score (nSPS) is 15.4. The van der Waals surface area contributed by atoms with Gasteiger partial charge in [0.25, 0.3) is 5.91 Å². The summed E-state index contributed by atoms with van der Waals surface area (Å²) in [4.78, 5) is 31.2. The maximum Gasteiger partial charge on any atom is 0.270 e. The number of anilines is 1. The average molecular weight is 624 g/mol. The summed E-state index contributed by atoms with van der Waals surface area (Å²) < 4.78 is 9.34. The van der Waals surface area contributed by atoms with E-state index in [-0.39, 0.29) is 18.4 Å². The number of rotatable bonds is 9. The molecule has 230 valence electrons. The van der Waals surface area contributed by atoms with E-state index in [1.807, 2.05) is 66.2 Å². The lowest BCUT2D eigenvalue weighted by Crippen LogP contribution is -2.45. The van der Waals surface area contributed by atoms with Crippen LogP contribution < -0.4 is 16.0 Å². The van der Waals surface area contributed by atoms with Crippen LogP contribution in [0.3, 0.4) is 0 Å². The Morgan fingerprint density at radius 3 is 2.56 bits per heavy atom. The van der Waals surface area contributed by atoms with Gasteiger partial charge < -0.3 is 25.3 Å². The first-order valence-electron chi connectivity index (χ1n) is 14.7. The first-order chi connectivity index (χ1) is 21.9. The van der Waals surface area contributed by atoms with E-state index in [9.17, 15) is 9.59 Å². The Morgan fingerprint density at radius 1 is 1.04 bits per heavy atom. The summed E-state index contributed by atoms with van der Waals surface area (Å²) in [6.07, 6.45) is 5.22. The predicted octanol–water partition coefficient (Wildman–Crippen LogP) is 4.78. The minimum absolute atomic E-state index is 0.0149. The third kappa shape index (κ3) is 6.99. The number of nitrogens with zero attached hydrogens (tertiary/aromatic N) is 4. The van der Waals surface area contributed by atoms with Crippen LogP contribution >= 0.6 is 11.6 Å². The van der Waals surface area contributed by atoms with Crippen molar-refractivity contribution in [2.75, 3.05) is 25.0 Å². The zero-order chi connectivity index (χ0) is 31.3. The number of hydrogen-bond acceptors (Lipinski definition) is 6. The smallest absolute Gasteiger partial charge is 0.270 e. The maximum atomic E-state index is 13.7. The van der Waals surface area contributed by atoms with Gasteiger partial charge in [0.05, 0.1) is 30.9 Å². The van der Waals surface area contributed by atoms with Crippen molar-refractivity contribution < 1.29 is 14.3 Å². The van der Waals surface area contributed by atoms with Crippen molar-refractivity contribution in [3.63, 3.8) is 0 Å². The van der Waals surface area contributed by atoms with Crippen molar-refractivity contribution in [3.05, 3.63) is 113 Å². The number of imidazole rings is 1. The summed E-state index contributed by atoms with van der Waals surface area (Å²) in [6, 6.07) is 22.2. The number of benzene rings is 3. The SMILES string of the molecule is Cn1cncc1-c1ccc(NC(=O)[C@H](Cc2cc(-c3cccc(C4CNCCO4)c3)ccc2Cl)NC(=O)c2ccnn2C)cc1. The van der Waals surface area contributed by atoms with E-state index in [1.165, 1.54) is 10.9 Å². The second kappa shape index (κ2) is 13.5. The summed E-state index contributed by atoms with van der Waals surface area (Å²) >= 11 is 6.69. The minimum Gasteiger partial charge on any atom is -0.371 e. The van der Waals surface area contributed by atoms with Gasteiger partial charge in [-0.3, -0.25) is 14.3 Å². The van der Waals surface area contributed by atoms with Gasteiger partial charge >= 0.3 is 0 Å². The predicted molar refractivity (Wildman–Crippen MR) is 174 cm³/mol. The summed E-state index contributed by atoms with van der Waals surface area (Å²) in [5.41, 5.74) is 6.63. The molecule has 10 nitrogen and oxygen atoms in total. The Balaban J connectivity index is 1.25. The molecule has 3 heterocycles. The number of aromatic nitrogens is 4. The fourth-order valence-electron chi connectivity index (χ4n) is 5.46. The number of nitrogens with one attached hydrogen (secondary N) is 3. The van der Waals surface area contributed by atoms with Crippen LogP contribution in [0.1, 0.15) is 27.7 Å². The molecular formula is C34H34ClN7O3. The number of halogens is 1. The Kier molecular flexibility index (Phi) is 9.06. The molecule has 45 heavy (non-hydrogen) atoms. The molecule has 2 atom stereocenters. The molecule has 5 aromatic rings. The number of carbonyl (C=O) groups is 2. The molecule has 0 saturated carbocycles. The molecule has 0 spiro atoms. The third-order valence-corrected chi connectivity index (χ3v) is 8.30. The standard InChI is InChI=1S/C34H34ClN7O3/c1-41-21-37-19-31(41)22-6-9-27(10-7-22)39-33(43)29(40-34(44)30-12-13-38-42(30)2)18-26-17-24(8-11-28(26)35)23-4-3-5-25(16-23)32-20-36-14-15-45-32/h3-13,16-17,19,21,29,32,36H,14-15,18,20H2,1-2H3,(H,39,43)(H,40,44)/t29-,32?/m0/s1. The van der Waals surface area contributed by atoms with E-state index in [2.05, 4.69) is 38.2 Å². The van der Waals surface area contributed by atoms with Crippen molar-refractivity contribution in [2.45, 2.75) is 18.6 Å². The van der Waals surface area contributed by atoms with E-state index in [4.69, 9.17) is 16.3 Å². The van der Waals surface area contributed by atoms with Crippen LogP contribution in [0.5, 0.6) is 0 Å². The summed E-state index contributed by atoms with van der Waals surface area (Å²) in [6.45, 7) is 2.27. The van der Waals surface area contributed by atoms with Crippen LogP contribution in [0.2, 0.25) is 5.02 Å². The molecule has 1 saturated heterocycles. The van der Waals surface area contributed by atoms with Gasteiger partial charge in [0.1, 0.15) is 11.7 Å². The van der Waals surface area contributed by atoms with E-state index in [1.54, 1.807) is 25.6 Å². The lowest BCUT2D eigenvalue weighted by molar-refractivity contribution is -0.118. The molecule has 1 fully saturated rings. The van der Waals surface area contributed by atoms with E-state index < -0.39 is 11.9 Å². The fourth-order valence-corrected chi connectivity index (χ4v) is 5.65. The zero-order valence-electron chi connectivity index (χ0n) is 25.0. The molecule has 11 heteroatoms.